The van der Waals surface area contributed by atoms with Gasteiger partial charge in [0.1, 0.15) is 0 Å². The van der Waals surface area contributed by atoms with Crippen LogP contribution in [0.25, 0.3) is 146 Å². The summed E-state index contributed by atoms with van der Waals surface area (Å²) in [7, 11) is -0.567. The van der Waals surface area contributed by atoms with Crippen LogP contribution in [-0.4, -0.2) is 58.2 Å². The van der Waals surface area contributed by atoms with Crippen molar-refractivity contribution in [2.75, 3.05) is 0 Å². The molecule has 0 unspecified atom stereocenters. The van der Waals surface area contributed by atoms with Crippen LogP contribution in [0.2, 0.25) is 0 Å². The molecule has 11 heteroatoms. The van der Waals surface area contributed by atoms with Crippen molar-refractivity contribution in [1.82, 2.24) is 39.9 Å². The van der Waals surface area contributed by atoms with Crippen LogP contribution in [0.1, 0.15) is 121 Å². The van der Waals surface area contributed by atoms with E-state index >= 15 is 0 Å². The Labute approximate surface area is 741 Å². The maximum absolute atomic E-state index is 6.52. The molecular formula is C115H103BN8O2. The van der Waals surface area contributed by atoms with Gasteiger partial charge in [0.25, 0.3) is 0 Å². The SMILES string of the molecule is CC1(C)OB(c2cc(-c3cccnc3)cc(-c3nc(-c4ccc(-c5ccccc5)cc4)nc(-c4ccc(-c5ccccc5)cc4)n3)c2)OC1(C)C.Cc1ccc(C23CC4CC(CC(C4)C2)C3)cc1.c1ccc(-c2ccc(-c3nc(-c4ccc(-c5ccccc5)cc4)nc(-c4cc(-c5ccc(C67CC8CC(CC(C8)C6)C7)cc5)cc(-c5cccnc5)c4)n3)cc2)cc1. The van der Waals surface area contributed by atoms with E-state index < -0.39 is 18.3 Å². The molecule has 10 nitrogen and oxygen atoms in total. The number of hydrogen-bond acceptors (Lipinski definition) is 10. The van der Waals surface area contributed by atoms with Gasteiger partial charge in [0, 0.05) is 63.7 Å². The summed E-state index contributed by atoms with van der Waals surface area (Å²) in [4.78, 5) is 39.7. The molecule has 16 aromatic rings. The summed E-state index contributed by atoms with van der Waals surface area (Å²) in [6.07, 6.45) is 25.0. The molecule has 0 radical (unpaired) electrons. The van der Waals surface area contributed by atoms with Gasteiger partial charge in [0.15, 0.2) is 34.9 Å². The van der Waals surface area contributed by atoms with Crippen LogP contribution in [-0.2, 0) is 20.1 Å². The Bertz CT molecular complexity index is 6250. The lowest BCUT2D eigenvalue weighted by molar-refractivity contribution is -0.00530. The Hall–Kier alpha value is -13.1. The van der Waals surface area contributed by atoms with E-state index in [9.17, 15) is 0 Å². The van der Waals surface area contributed by atoms with E-state index in [1.165, 1.54) is 80.0 Å². The Kier molecular flexibility index (Phi) is 21.5. The molecule has 1 aliphatic heterocycles. The third-order valence-corrected chi connectivity index (χ3v) is 28.8. The van der Waals surface area contributed by atoms with Gasteiger partial charge in [-0.05, 0) is 283 Å². The first-order valence-corrected chi connectivity index (χ1v) is 45.4. The highest BCUT2D eigenvalue weighted by Gasteiger charge is 2.54. The molecule has 126 heavy (non-hydrogen) atoms. The molecule has 8 saturated carbocycles. The Balaban J connectivity index is 0.000000130. The fourth-order valence-corrected chi connectivity index (χ4v) is 22.4. The smallest absolute Gasteiger partial charge is 0.399 e. The Morgan fingerprint density at radius 1 is 0.238 bits per heavy atom. The second kappa shape index (κ2) is 33.8. The second-order valence-electron chi connectivity index (χ2n) is 37.9. The predicted molar refractivity (Wildman–Crippen MR) is 513 cm³/mol. The summed E-state index contributed by atoms with van der Waals surface area (Å²) in [6.45, 7) is 10.5. The zero-order chi connectivity index (χ0) is 84.9. The summed E-state index contributed by atoms with van der Waals surface area (Å²) in [5.41, 5.74) is 26.5. The number of aryl methyl sites for hydroxylation is 1. The van der Waals surface area contributed by atoms with Gasteiger partial charge in [-0.2, -0.15) is 0 Å². The van der Waals surface area contributed by atoms with Crippen molar-refractivity contribution in [3.05, 3.63) is 369 Å². The lowest BCUT2D eigenvalue weighted by Crippen LogP contribution is -2.48. The average molecular weight is 1640 g/mol. The minimum atomic E-state index is -0.567. The van der Waals surface area contributed by atoms with Crippen LogP contribution in [0.3, 0.4) is 0 Å². The van der Waals surface area contributed by atoms with E-state index in [1.54, 1.807) is 36.6 Å². The minimum Gasteiger partial charge on any atom is -0.399 e. The average Bonchev–Trinajstić information content (AvgIpc) is 0.871. The van der Waals surface area contributed by atoms with Gasteiger partial charge in [0.05, 0.1) is 11.2 Å². The Morgan fingerprint density at radius 2 is 0.468 bits per heavy atom. The van der Waals surface area contributed by atoms with Crippen molar-refractivity contribution >= 4 is 12.6 Å². The number of nitrogens with zero attached hydrogens (tertiary/aromatic N) is 8. The lowest BCUT2D eigenvalue weighted by atomic mass is 9.48. The molecule has 0 spiro atoms. The van der Waals surface area contributed by atoms with E-state index in [0.29, 0.717) is 45.8 Å². The fourth-order valence-electron chi connectivity index (χ4n) is 22.4. The third-order valence-electron chi connectivity index (χ3n) is 28.8. The van der Waals surface area contributed by atoms with Gasteiger partial charge in [-0.25, -0.2) is 29.9 Å². The van der Waals surface area contributed by atoms with Gasteiger partial charge in [-0.15, -0.1) is 0 Å². The summed E-state index contributed by atoms with van der Waals surface area (Å²) < 4.78 is 13.0. The maximum atomic E-state index is 6.52. The molecule has 8 bridgehead atoms. The van der Waals surface area contributed by atoms with Crippen LogP contribution in [0, 0.1) is 42.4 Å². The van der Waals surface area contributed by atoms with E-state index in [0.717, 1.165) is 136 Å². The van der Waals surface area contributed by atoms with Crippen LogP contribution in [0.5, 0.6) is 0 Å². The van der Waals surface area contributed by atoms with Crippen molar-refractivity contribution in [2.45, 2.75) is 134 Å². The van der Waals surface area contributed by atoms with Crippen molar-refractivity contribution in [2.24, 2.45) is 35.5 Å². The quantitative estimate of drug-likeness (QED) is 0.0865. The van der Waals surface area contributed by atoms with Gasteiger partial charge in [0.2, 0.25) is 0 Å². The highest BCUT2D eigenvalue weighted by molar-refractivity contribution is 6.62. The molecule has 25 rings (SSSR count). The third kappa shape index (κ3) is 16.6. The second-order valence-corrected chi connectivity index (χ2v) is 37.9. The highest BCUT2D eigenvalue weighted by Crippen LogP contribution is 2.62. The first-order valence-electron chi connectivity index (χ1n) is 45.4. The normalized spacial score (nSPS) is 21.3. The first-order chi connectivity index (χ1) is 61.6. The van der Waals surface area contributed by atoms with Crippen molar-refractivity contribution in [3.63, 3.8) is 0 Å². The van der Waals surface area contributed by atoms with E-state index in [4.69, 9.17) is 39.2 Å². The molecular weight excluding hydrogens is 1540 g/mol. The topological polar surface area (TPSA) is 122 Å². The van der Waals surface area contributed by atoms with Crippen molar-refractivity contribution < 1.29 is 9.31 Å². The van der Waals surface area contributed by atoms with Crippen molar-refractivity contribution in [1.29, 1.82) is 0 Å². The molecule has 9 fully saturated rings. The van der Waals surface area contributed by atoms with Crippen LogP contribution in [0.15, 0.2) is 352 Å². The summed E-state index contributed by atoms with van der Waals surface area (Å²) in [5, 5.41) is 0. The number of rotatable bonds is 16. The fraction of sp³-hybridized carbons (Fsp3) is 0.235. The molecule has 0 amide bonds. The zero-order valence-corrected chi connectivity index (χ0v) is 72.4. The van der Waals surface area contributed by atoms with Gasteiger partial charge in [-0.1, -0.05) is 297 Å². The standard InChI is InChI=1S/C54H44N4.C44H37BN4O2.C17H22/c1-3-8-39(9-4-1)41-13-17-44(18-14-41)51-56-52(45-19-15-42(16-20-45)40-10-5-2-6-11-40)58-53(57-51)49-30-47(29-48(31-49)46-12-7-25-55-35-46)43-21-23-50(24-22-43)54-32-36-26-37(33-54)28-38(27-36)34-54;1-43(2)44(3,4)51-45(50-43)39-27-37(36-16-11-25-46-29-36)26-38(28-39)42-48-40(34-21-17-32(18-22-34)30-12-7-5-8-13-30)47-41(49-42)35-23-19-33(20-24-35)31-14-9-6-10-15-31;1-12-2-4-16(5-3-12)17-9-13-6-14(10-17)8-15(7-13)11-17/h1-25,29-31,35-38H,26-28,32-34H2;5-29H,1-4H3;2-5,13-15H,6-11H2,1H3. The Morgan fingerprint density at radius 3 is 0.778 bits per heavy atom. The monoisotopic (exact) mass is 1640 g/mol. The summed E-state index contributed by atoms with van der Waals surface area (Å²) >= 11 is 0. The number of hydrogen-bond donors (Lipinski definition) is 0. The van der Waals surface area contributed by atoms with E-state index in [-0.39, 0.29) is 0 Å². The molecule has 0 N–H and O–H groups in total. The van der Waals surface area contributed by atoms with Crippen LogP contribution in [0.4, 0.5) is 0 Å². The molecule has 8 aliphatic carbocycles. The summed E-state index contributed by atoms with van der Waals surface area (Å²) in [5.74, 6) is 9.58. The molecule has 9 aliphatic rings. The number of aromatic nitrogens is 8. The molecule has 0 atom stereocenters. The predicted octanol–water partition coefficient (Wildman–Crippen LogP) is 27.4. The largest absolute Gasteiger partial charge is 0.494 e. The molecule has 12 aromatic carbocycles. The number of benzene rings is 12. The van der Waals surface area contributed by atoms with Gasteiger partial charge >= 0.3 is 7.12 Å². The molecule has 618 valence electrons. The zero-order valence-electron chi connectivity index (χ0n) is 72.4. The summed E-state index contributed by atoms with van der Waals surface area (Å²) in [6, 6.07) is 116. The minimum absolute atomic E-state index is 0.367. The molecule has 4 aromatic heterocycles. The first kappa shape index (κ1) is 80.1. The van der Waals surface area contributed by atoms with Gasteiger partial charge < -0.3 is 9.31 Å². The van der Waals surface area contributed by atoms with Crippen LogP contribution < -0.4 is 5.46 Å². The maximum Gasteiger partial charge on any atom is 0.494 e. The number of pyridine rings is 2. The van der Waals surface area contributed by atoms with E-state index in [2.05, 4.69) is 305 Å². The molecule has 1 saturated heterocycles. The highest BCUT2D eigenvalue weighted by atomic mass is 16.7. The van der Waals surface area contributed by atoms with Gasteiger partial charge in [-0.3, -0.25) is 9.97 Å². The van der Waals surface area contributed by atoms with Crippen molar-refractivity contribution in [3.8, 4) is 146 Å². The van der Waals surface area contributed by atoms with Crippen LogP contribution >= 0.6 is 0 Å². The molecule has 5 heterocycles. The van der Waals surface area contributed by atoms with E-state index in [1.807, 2.05) is 85.3 Å². The lowest BCUT2D eigenvalue weighted by Gasteiger charge is -2.57.